The van der Waals surface area contributed by atoms with Crippen LogP contribution in [-0.4, -0.2) is 50.1 Å². The first-order valence-electron chi connectivity index (χ1n) is 10.3. The number of thioether (sulfide) groups is 1. The van der Waals surface area contributed by atoms with Crippen molar-refractivity contribution in [2.45, 2.75) is 69.6 Å². The number of aliphatic carboxylic acids is 2. The molecule has 2 atom stereocenters. The molecule has 0 aromatic rings. The third kappa shape index (κ3) is 16.8. The highest BCUT2D eigenvalue weighted by molar-refractivity contribution is 8.00. The lowest BCUT2D eigenvalue weighted by Gasteiger charge is -2.18. The number of ketones is 1. The van der Waals surface area contributed by atoms with Crippen LogP contribution in [0.5, 0.6) is 0 Å². The number of rotatable bonds is 18. The molecule has 30 heavy (non-hydrogen) atoms. The molecule has 0 fully saturated rings. The minimum Gasteiger partial charge on any atom is -0.481 e. The molecule has 3 N–H and O–H groups in total. The smallest absolute Gasteiger partial charge is 0.373 e. The van der Waals surface area contributed by atoms with E-state index in [1.54, 1.807) is 18.2 Å². The molecule has 0 aliphatic rings. The molecule has 0 unspecified atom stereocenters. The van der Waals surface area contributed by atoms with E-state index in [-0.39, 0.29) is 18.6 Å². The Labute approximate surface area is 183 Å². The van der Waals surface area contributed by atoms with Gasteiger partial charge in [-0.25, -0.2) is 4.79 Å². The summed E-state index contributed by atoms with van der Waals surface area (Å²) in [5.74, 6) is -3.63. The minimum atomic E-state index is -1.50. The van der Waals surface area contributed by atoms with Gasteiger partial charge >= 0.3 is 11.9 Å². The van der Waals surface area contributed by atoms with E-state index in [0.717, 1.165) is 24.6 Å². The van der Waals surface area contributed by atoms with Gasteiger partial charge in [-0.3, -0.25) is 9.59 Å². The lowest BCUT2D eigenvalue weighted by atomic mass is 10.1. The first-order valence-corrected chi connectivity index (χ1v) is 11.4. The number of carbonyl (C=O) groups excluding carboxylic acids is 1. The van der Waals surface area contributed by atoms with Gasteiger partial charge in [0.15, 0.2) is 0 Å². The zero-order chi connectivity index (χ0) is 22.6. The average molecular weight is 439 g/mol. The Kier molecular flexibility index (Phi) is 17.5. The SMILES string of the molecule is CCCCC/C=C\C/C=C/C=C/C=C\[C@@H](SCC(=O)C(=O)O)[C@@H](O)CCCC(=O)O. The number of hydrogen-bond donors (Lipinski definition) is 3. The highest BCUT2D eigenvalue weighted by Gasteiger charge is 2.20. The molecular weight excluding hydrogens is 404 g/mol. The molecule has 0 heterocycles. The van der Waals surface area contributed by atoms with Gasteiger partial charge in [0, 0.05) is 11.7 Å². The summed E-state index contributed by atoms with van der Waals surface area (Å²) in [5.41, 5.74) is 0. The Bertz CT molecular complexity index is 621. The van der Waals surface area contributed by atoms with Crippen LogP contribution in [0.4, 0.5) is 0 Å². The monoisotopic (exact) mass is 438 g/mol. The summed E-state index contributed by atoms with van der Waals surface area (Å²) in [6.07, 6.45) is 20.6. The predicted molar refractivity (Wildman–Crippen MR) is 122 cm³/mol. The number of Topliss-reactive ketones (excluding diaryl/α,β-unsaturated/α-hetero) is 1. The molecule has 6 nitrogen and oxygen atoms in total. The number of hydrogen-bond acceptors (Lipinski definition) is 5. The molecule has 0 radical (unpaired) electrons. The zero-order valence-electron chi connectivity index (χ0n) is 17.6. The van der Waals surface area contributed by atoms with Gasteiger partial charge in [-0.2, -0.15) is 0 Å². The van der Waals surface area contributed by atoms with Crippen molar-refractivity contribution >= 4 is 29.5 Å². The highest BCUT2D eigenvalue weighted by Crippen LogP contribution is 2.20. The van der Waals surface area contributed by atoms with Crippen molar-refractivity contribution in [3.05, 3.63) is 48.6 Å². The molecule has 7 heteroatoms. The van der Waals surface area contributed by atoms with E-state index < -0.39 is 29.1 Å². The van der Waals surface area contributed by atoms with Crippen LogP contribution in [0.1, 0.15) is 58.3 Å². The standard InChI is InChI=1S/C23H34O6S/c1-2-3-4-5-6-7-8-9-10-11-12-13-16-21(30-18-20(25)23(28)29)19(24)15-14-17-22(26)27/h6-7,9-13,16,19,21,24H,2-5,8,14-15,17-18H2,1H3,(H,26,27)(H,28,29)/b7-6-,10-9+,12-11+,16-13-/t19-,21+/m0/s1. The molecule has 0 amide bonds. The molecule has 0 aromatic carbocycles. The largest absolute Gasteiger partial charge is 0.481 e. The average Bonchev–Trinajstić information content (AvgIpc) is 2.70. The molecular formula is C23H34O6S. The molecule has 0 aliphatic carbocycles. The third-order valence-corrected chi connectivity index (χ3v) is 5.38. The summed E-state index contributed by atoms with van der Waals surface area (Å²) in [6, 6.07) is 0. The number of carboxylic acids is 2. The van der Waals surface area contributed by atoms with Crippen molar-refractivity contribution in [1.82, 2.24) is 0 Å². The Morgan fingerprint density at radius 2 is 1.67 bits per heavy atom. The van der Waals surface area contributed by atoms with Gasteiger partial charge in [0.2, 0.25) is 5.78 Å². The van der Waals surface area contributed by atoms with E-state index in [9.17, 15) is 19.5 Å². The van der Waals surface area contributed by atoms with Gasteiger partial charge < -0.3 is 15.3 Å². The fourth-order valence-corrected chi connectivity index (χ4v) is 3.45. The van der Waals surface area contributed by atoms with Crippen molar-refractivity contribution in [2.24, 2.45) is 0 Å². The molecule has 0 rings (SSSR count). The highest BCUT2D eigenvalue weighted by atomic mass is 32.2. The van der Waals surface area contributed by atoms with E-state index in [4.69, 9.17) is 10.2 Å². The summed E-state index contributed by atoms with van der Waals surface area (Å²) in [4.78, 5) is 32.6. The van der Waals surface area contributed by atoms with Crippen molar-refractivity contribution in [1.29, 1.82) is 0 Å². The zero-order valence-corrected chi connectivity index (χ0v) is 18.4. The van der Waals surface area contributed by atoms with Gasteiger partial charge in [-0.15, -0.1) is 11.8 Å². The van der Waals surface area contributed by atoms with Crippen LogP contribution in [0.3, 0.4) is 0 Å². The van der Waals surface area contributed by atoms with E-state index in [2.05, 4.69) is 19.1 Å². The lowest BCUT2D eigenvalue weighted by Crippen LogP contribution is -2.24. The molecule has 0 saturated carbocycles. The third-order valence-electron chi connectivity index (χ3n) is 4.10. The van der Waals surface area contributed by atoms with Crippen molar-refractivity contribution < 1.29 is 29.7 Å². The van der Waals surface area contributed by atoms with Crippen LogP contribution in [0, 0.1) is 0 Å². The summed E-state index contributed by atoms with van der Waals surface area (Å²) < 4.78 is 0. The van der Waals surface area contributed by atoms with Crippen LogP contribution in [0.2, 0.25) is 0 Å². The van der Waals surface area contributed by atoms with Gasteiger partial charge in [-0.05, 0) is 32.1 Å². The summed E-state index contributed by atoms with van der Waals surface area (Å²) in [6.45, 7) is 2.18. The van der Waals surface area contributed by atoms with Gasteiger partial charge in [-0.1, -0.05) is 68.4 Å². The first kappa shape index (κ1) is 27.9. The molecule has 168 valence electrons. The Balaban J connectivity index is 4.53. The van der Waals surface area contributed by atoms with Crippen LogP contribution < -0.4 is 0 Å². The van der Waals surface area contributed by atoms with Crippen molar-refractivity contribution in [3.8, 4) is 0 Å². The normalized spacial score (nSPS) is 14.2. The molecule has 0 aromatic heterocycles. The molecule has 0 spiro atoms. The first-order chi connectivity index (χ1) is 14.4. The second kappa shape index (κ2) is 18.9. The number of carboxylic acid groups (broad SMARTS) is 2. The van der Waals surface area contributed by atoms with Crippen LogP contribution >= 0.6 is 11.8 Å². The number of carbonyl (C=O) groups is 3. The number of allylic oxidation sites excluding steroid dienone is 7. The number of unbranched alkanes of at least 4 members (excludes halogenated alkanes) is 3. The lowest BCUT2D eigenvalue weighted by molar-refractivity contribution is -0.147. The fraction of sp³-hybridized carbons (Fsp3) is 0.522. The van der Waals surface area contributed by atoms with Gasteiger partial charge in [0.1, 0.15) is 0 Å². The van der Waals surface area contributed by atoms with Crippen LogP contribution in [0.15, 0.2) is 48.6 Å². The number of aliphatic hydroxyl groups excluding tert-OH is 1. The van der Waals surface area contributed by atoms with Crippen LogP contribution in [0.25, 0.3) is 0 Å². The van der Waals surface area contributed by atoms with E-state index in [0.29, 0.717) is 6.42 Å². The second-order valence-corrected chi connectivity index (χ2v) is 7.92. The maximum absolute atomic E-state index is 11.3. The molecule has 0 saturated heterocycles. The van der Waals surface area contributed by atoms with E-state index in [1.165, 1.54) is 19.3 Å². The summed E-state index contributed by atoms with van der Waals surface area (Å²) in [5, 5.41) is 27.2. The summed E-state index contributed by atoms with van der Waals surface area (Å²) >= 11 is 1.03. The number of aliphatic hydroxyl groups is 1. The van der Waals surface area contributed by atoms with E-state index in [1.807, 2.05) is 18.2 Å². The Hall–Kier alpha value is -2.12. The van der Waals surface area contributed by atoms with Gasteiger partial charge in [0.25, 0.3) is 0 Å². The molecule has 0 bridgehead atoms. The van der Waals surface area contributed by atoms with Crippen molar-refractivity contribution in [2.75, 3.05) is 5.75 Å². The maximum Gasteiger partial charge on any atom is 0.373 e. The summed E-state index contributed by atoms with van der Waals surface area (Å²) in [7, 11) is 0. The minimum absolute atomic E-state index is 0.0516. The van der Waals surface area contributed by atoms with Gasteiger partial charge in [0.05, 0.1) is 11.9 Å². The Morgan fingerprint density at radius 1 is 0.933 bits per heavy atom. The van der Waals surface area contributed by atoms with Crippen molar-refractivity contribution in [3.63, 3.8) is 0 Å². The maximum atomic E-state index is 11.3. The van der Waals surface area contributed by atoms with Crippen LogP contribution in [-0.2, 0) is 14.4 Å². The Morgan fingerprint density at radius 3 is 2.33 bits per heavy atom. The predicted octanol–water partition coefficient (Wildman–Crippen LogP) is 4.55. The molecule has 0 aliphatic heterocycles. The quantitative estimate of drug-likeness (QED) is 0.124. The second-order valence-electron chi connectivity index (χ2n) is 6.76. The van der Waals surface area contributed by atoms with E-state index >= 15 is 0 Å². The topological polar surface area (TPSA) is 112 Å². The fourth-order valence-electron chi connectivity index (χ4n) is 2.42.